The number of amides is 1. The molecule has 2 aromatic carbocycles. The van der Waals surface area contributed by atoms with Gasteiger partial charge in [0.1, 0.15) is 11.5 Å². The van der Waals surface area contributed by atoms with Crippen LogP contribution in [0.2, 0.25) is 0 Å². The number of carbonyl (C=O) groups excluding carboxylic acids is 1. The molecule has 0 heterocycles. The highest BCUT2D eigenvalue weighted by Crippen LogP contribution is 2.30. The Hall–Kier alpha value is -2.60. The first-order valence-electron chi connectivity index (χ1n) is 8.79. The van der Waals surface area contributed by atoms with Gasteiger partial charge in [0.15, 0.2) is 5.11 Å². The van der Waals surface area contributed by atoms with Crippen LogP contribution in [0, 0.1) is 0 Å². The molecule has 0 aliphatic carbocycles. The fourth-order valence-electron chi connectivity index (χ4n) is 2.39. The Morgan fingerprint density at radius 1 is 1.11 bits per heavy atom. The van der Waals surface area contributed by atoms with Gasteiger partial charge >= 0.3 is 0 Å². The molecule has 2 aromatic rings. The number of anilines is 1. The normalized spacial score (nSPS) is 11.2. The van der Waals surface area contributed by atoms with E-state index in [1.807, 2.05) is 26.0 Å². The third-order valence-corrected chi connectivity index (χ3v) is 4.03. The van der Waals surface area contributed by atoms with Gasteiger partial charge in [-0.05, 0) is 73.4 Å². The molecule has 3 N–H and O–H groups in total. The number of hydrogen-bond donors (Lipinski definition) is 3. The van der Waals surface area contributed by atoms with E-state index in [0.29, 0.717) is 17.0 Å². The largest absolute Gasteiger partial charge is 0.506 e. The first kappa shape index (κ1) is 20.7. The summed E-state index contributed by atoms with van der Waals surface area (Å²) < 4.78 is 5.56. The SMILES string of the molecule is CC(C)Oc1ccc(C(=O)NC(=S)Nc2cc(C(C)(C)C)ccc2O)cc1. The fraction of sp³-hybridized carbons (Fsp3) is 0.333. The highest BCUT2D eigenvalue weighted by molar-refractivity contribution is 7.80. The number of phenolic OH excluding ortho intramolecular Hbond substituents is 1. The van der Waals surface area contributed by atoms with Crippen molar-refractivity contribution in [1.82, 2.24) is 5.32 Å². The molecule has 27 heavy (non-hydrogen) atoms. The minimum absolute atomic E-state index is 0.0646. The summed E-state index contributed by atoms with van der Waals surface area (Å²) in [4.78, 5) is 12.3. The first-order valence-corrected chi connectivity index (χ1v) is 9.19. The van der Waals surface area contributed by atoms with Crippen LogP contribution >= 0.6 is 12.2 Å². The van der Waals surface area contributed by atoms with Crippen LogP contribution in [0.5, 0.6) is 11.5 Å². The minimum Gasteiger partial charge on any atom is -0.506 e. The molecule has 2 rings (SSSR count). The quantitative estimate of drug-likeness (QED) is 0.529. The van der Waals surface area contributed by atoms with Crippen LogP contribution in [0.1, 0.15) is 50.5 Å². The van der Waals surface area contributed by atoms with Gasteiger partial charge in [0, 0.05) is 5.56 Å². The zero-order valence-corrected chi connectivity index (χ0v) is 17.1. The second kappa shape index (κ2) is 8.39. The topological polar surface area (TPSA) is 70.6 Å². The third-order valence-electron chi connectivity index (χ3n) is 3.83. The van der Waals surface area contributed by atoms with Crippen LogP contribution in [0.4, 0.5) is 5.69 Å². The number of rotatable bonds is 4. The smallest absolute Gasteiger partial charge is 0.257 e. The summed E-state index contributed by atoms with van der Waals surface area (Å²) in [5, 5.41) is 15.7. The summed E-state index contributed by atoms with van der Waals surface area (Å²) in [6, 6.07) is 12.1. The molecule has 144 valence electrons. The van der Waals surface area contributed by atoms with Crippen LogP contribution in [0.15, 0.2) is 42.5 Å². The van der Waals surface area contributed by atoms with Crippen molar-refractivity contribution in [2.24, 2.45) is 0 Å². The van der Waals surface area contributed by atoms with Gasteiger partial charge in [0.05, 0.1) is 11.8 Å². The van der Waals surface area contributed by atoms with Gasteiger partial charge in [-0.1, -0.05) is 26.8 Å². The van der Waals surface area contributed by atoms with Crippen LogP contribution < -0.4 is 15.4 Å². The maximum atomic E-state index is 12.3. The van der Waals surface area contributed by atoms with Gasteiger partial charge in [-0.15, -0.1) is 0 Å². The average molecular weight is 387 g/mol. The summed E-state index contributed by atoms with van der Waals surface area (Å²) >= 11 is 5.21. The van der Waals surface area contributed by atoms with Crippen molar-refractivity contribution in [3.8, 4) is 11.5 Å². The lowest BCUT2D eigenvalue weighted by Gasteiger charge is -2.21. The number of ether oxygens (including phenoxy) is 1. The van der Waals surface area contributed by atoms with Gasteiger partial charge in [0.25, 0.3) is 5.91 Å². The summed E-state index contributed by atoms with van der Waals surface area (Å²) in [7, 11) is 0. The number of benzene rings is 2. The lowest BCUT2D eigenvalue weighted by molar-refractivity contribution is 0.0977. The number of carbonyl (C=O) groups is 1. The van der Waals surface area contributed by atoms with Crippen molar-refractivity contribution in [2.75, 3.05) is 5.32 Å². The second-order valence-electron chi connectivity index (χ2n) is 7.58. The van der Waals surface area contributed by atoms with Crippen LogP contribution in [-0.4, -0.2) is 22.2 Å². The first-order chi connectivity index (χ1) is 12.6. The highest BCUT2D eigenvalue weighted by Gasteiger charge is 2.16. The van der Waals surface area contributed by atoms with Crippen molar-refractivity contribution < 1.29 is 14.6 Å². The Kier molecular flexibility index (Phi) is 6.44. The molecule has 0 aromatic heterocycles. The molecule has 0 fully saturated rings. The molecule has 0 aliphatic heterocycles. The van der Waals surface area contributed by atoms with Crippen LogP contribution in [0.25, 0.3) is 0 Å². The third kappa shape index (κ3) is 5.96. The molecular formula is C21H26N2O3S. The van der Waals surface area contributed by atoms with E-state index in [0.717, 1.165) is 5.56 Å². The number of hydrogen-bond acceptors (Lipinski definition) is 4. The maximum Gasteiger partial charge on any atom is 0.257 e. The van der Waals surface area contributed by atoms with Gasteiger partial charge in [-0.25, -0.2) is 0 Å². The standard InChI is InChI=1S/C21H26N2O3S/c1-13(2)26-16-9-6-14(7-10-16)19(25)23-20(27)22-17-12-15(21(3,4)5)8-11-18(17)24/h6-13,24H,1-5H3,(H2,22,23,25,27). The van der Waals surface area contributed by atoms with E-state index in [4.69, 9.17) is 17.0 Å². The molecule has 0 unspecified atom stereocenters. The van der Waals surface area contributed by atoms with E-state index in [9.17, 15) is 9.90 Å². The molecule has 0 radical (unpaired) electrons. The van der Waals surface area contributed by atoms with Crippen molar-refractivity contribution >= 4 is 28.9 Å². The van der Waals surface area contributed by atoms with Crippen molar-refractivity contribution in [3.05, 3.63) is 53.6 Å². The summed E-state index contributed by atoms with van der Waals surface area (Å²) in [6.45, 7) is 10.1. The Bertz CT molecular complexity index is 824. The monoisotopic (exact) mass is 386 g/mol. The molecular weight excluding hydrogens is 360 g/mol. The van der Waals surface area contributed by atoms with Crippen molar-refractivity contribution in [3.63, 3.8) is 0 Å². The Labute approximate surface area is 165 Å². The molecule has 0 aliphatic rings. The van der Waals surface area contributed by atoms with Gasteiger partial charge in [0.2, 0.25) is 0 Å². The number of thiocarbonyl (C=S) groups is 1. The molecule has 0 saturated carbocycles. The second-order valence-corrected chi connectivity index (χ2v) is 7.99. The van der Waals surface area contributed by atoms with E-state index < -0.39 is 0 Å². The van der Waals surface area contributed by atoms with Gasteiger partial charge in [-0.3, -0.25) is 10.1 Å². The molecule has 6 heteroatoms. The Balaban J connectivity index is 2.04. The predicted octanol–water partition coefficient (Wildman–Crippen LogP) is 4.60. The lowest BCUT2D eigenvalue weighted by atomic mass is 9.87. The van der Waals surface area contributed by atoms with Gasteiger partial charge < -0.3 is 15.2 Å². The maximum absolute atomic E-state index is 12.3. The number of aromatic hydroxyl groups is 1. The minimum atomic E-state index is -0.338. The zero-order valence-electron chi connectivity index (χ0n) is 16.3. The average Bonchev–Trinajstić information content (AvgIpc) is 2.55. The lowest BCUT2D eigenvalue weighted by Crippen LogP contribution is -2.34. The van der Waals surface area contributed by atoms with Crippen LogP contribution in [0.3, 0.4) is 0 Å². The summed E-state index contributed by atoms with van der Waals surface area (Å²) in [5.41, 5.74) is 1.88. The molecule has 1 amide bonds. The van der Waals surface area contributed by atoms with E-state index in [1.165, 1.54) is 0 Å². The predicted molar refractivity (Wildman–Crippen MR) is 113 cm³/mol. The van der Waals surface area contributed by atoms with E-state index in [-0.39, 0.29) is 28.3 Å². The Morgan fingerprint density at radius 3 is 2.30 bits per heavy atom. The summed E-state index contributed by atoms with van der Waals surface area (Å²) in [6.07, 6.45) is 0.0676. The van der Waals surface area contributed by atoms with Gasteiger partial charge in [-0.2, -0.15) is 0 Å². The summed E-state index contributed by atoms with van der Waals surface area (Å²) in [5.74, 6) is 0.427. The molecule has 0 saturated heterocycles. The van der Waals surface area contributed by atoms with Crippen molar-refractivity contribution in [2.45, 2.75) is 46.1 Å². The Morgan fingerprint density at radius 2 is 1.74 bits per heavy atom. The molecule has 0 spiro atoms. The molecule has 5 nitrogen and oxygen atoms in total. The molecule has 0 bridgehead atoms. The number of nitrogens with one attached hydrogen (secondary N) is 2. The van der Waals surface area contributed by atoms with E-state index in [2.05, 4.69) is 31.4 Å². The highest BCUT2D eigenvalue weighted by atomic mass is 32.1. The van der Waals surface area contributed by atoms with E-state index in [1.54, 1.807) is 30.3 Å². The van der Waals surface area contributed by atoms with Crippen molar-refractivity contribution in [1.29, 1.82) is 0 Å². The molecule has 0 atom stereocenters. The van der Waals surface area contributed by atoms with E-state index >= 15 is 0 Å². The fourth-order valence-corrected chi connectivity index (χ4v) is 2.59. The van der Waals surface area contributed by atoms with Crippen LogP contribution in [-0.2, 0) is 5.41 Å². The zero-order chi connectivity index (χ0) is 20.2. The number of phenols is 1.